The van der Waals surface area contributed by atoms with Crippen LogP contribution in [0.1, 0.15) is 47.2 Å². The molecule has 8 atom stereocenters. The highest BCUT2D eigenvalue weighted by atomic mass is 16.5. The molecule has 0 saturated carbocycles. The third kappa shape index (κ3) is 5.69. The number of anilines is 1. The minimum absolute atomic E-state index is 0.0273. The molecule has 1 amide bonds. The number of carbonyl (C=O) groups is 1. The summed E-state index contributed by atoms with van der Waals surface area (Å²) in [5.41, 5.74) is 4.56. The van der Waals surface area contributed by atoms with Gasteiger partial charge in [0.25, 0.3) is 0 Å². The van der Waals surface area contributed by atoms with Gasteiger partial charge in [0.05, 0.1) is 30.8 Å². The lowest BCUT2D eigenvalue weighted by Crippen LogP contribution is -2.59. The molecule has 2 fully saturated rings. The number of aliphatic hydroxyl groups excluding tert-OH is 5. The van der Waals surface area contributed by atoms with Gasteiger partial charge in [-0.25, -0.2) is 0 Å². The smallest absolute Gasteiger partial charge is 0.233 e. The highest BCUT2D eigenvalue weighted by Crippen LogP contribution is 2.46. The third-order valence-corrected chi connectivity index (χ3v) is 8.21. The van der Waals surface area contributed by atoms with Gasteiger partial charge in [-0.05, 0) is 48.6 Å². The van der Waals surface area contributed by atoms with Gasteiger partial charge in [0.15, 0.2) is 0 Å². The molecule has 2 aliphatic rings. The van der Waals surface area contributed by atoms with Gasteiger partial charge in [-0.1, -0.05) is 72.3 Å². The van der Waals surface area contributed by atoms with E-state index in [1.807, 2.05) is 90.7 Å². The van der Waals surface area contributed by atoms with Crippen LogP contribution in [0.5, 0.6) is 0 Å². The fourth-order valence-electron chi connectivity index (χ4n) is 5.81. The summed E-state index contributed by atoms with van der Waals surface area (Å²) in [6, 6.07) is 24.8. The number of carbonyl (C=O) groups excluding carboxylic acids is 1. The lowest BCUT2D eigenvalue weighted by atomic mass is 9.78. The molecule has 0 unspecified atom stereocenters. The Morgan fingerprint density at radius 1 is 0.850 bits per heavy atom. The second kappa shape index (κ2) is 12.2. The molecule has 8 nitrogen and oxygen atoms in total. The van der Waals surface area contributed by atoms with Gasteiger partial charge in [-0.2, -0.15) is 0 Å². The minimum Gasteiger partial charge on any atom is -0.394 e. The molecule has 5 N–H and O–H groups in total. The molecule has 0 radical (unpaired) electrons. The maximum Gasteiger partial charge on any atom is 0.233 e. The minimum atomic E-state index is -1.41. The van der Waals surface area contributed by atoms with E-state index in [0.29, 0.717) is 12.8 Å². The van der Waals surface area contributed by atoms with Gasteiger partial charge >= 0.3 is 0 Å². The van der Waals surface area contributed by atoms with E-state index < -0.39 is 43.2 Å². The lowest BCUT2D eigenvalue weighted by molar-refractivity contribution is -0.228. The van der Waals surface area contributed by atoms with E-state index in [4.69, 9.17) is 4.74 Å². The van der Waals surface area contributed by atoms with E-state index in [9.17, 15) is 30.3 Å². The number of rotatable bonds is 9. The molecule has 2 aliphatic heterocycles. The molecule has 2 heterocycles. The normalized spacial score (nSPS) is 29.2. The summed E-state index contributed by atoms with van der Waals surface area (Å²) in [6.07, 6.45) is -5.20. The molecule has 5 rings (SSSR count). The first-order chi connectivity index (χ1) is 19.3. The molecule has 3 aromatic carbocycles. The summed E-state index contributed by atoms with van der Waals surface area (Å²) in [6.45, 7) is 1.53. The number of β-lactam (4-membered cyclic amide) rings is 1. The van der Waals surface area contributed by atoms with Crippen molar-refractivity contribution in [3.05, 3.63) is 101 Å². The van der Waals surface area contributed by atoms with Gasteiger partial charge < -0.3 is 35.2 Å². The van der Waals surface area contributed by atoms with E-state index in [0.717, 1.165) is 27.9 Å². The zero-order valence-electron chi connectivity index (χ0n) is 22.5. The number of amides is 1. The lowest BCUT2D eigenvalue weighted by Gasteiger charge is -2.48. The predicted molar refractivity (Wildman–Crippen MR) is 149 cm³/mol. The topological polar surface area (TPSA) is 131 Å². The summed E-state index contributed by atoms with van der Waals surface area (Å²) < 4.78 is 5.66. The maximum atomic E-state index is 13.4. The van der Waals surface area contributed by atoms with Crippen LogP contribution < -0.4 is 4.90 Å². The van der Waals surface area contributed by atoms with Crippen molar-refractivity contribution in [2.45, 2.75) is 68.9 Å². The van der Waals surface area contributed by atoms with E-state index in [2.05, 4.69) is 0 Å². The molecule has 212 valence electrons. The van der Waals surface area contributed by atoms with Crippen molar-refractivity contribution < 1.29 is 35.1 Å². The van der Waals surface area contributed by atoms with Crippen molar-refractivity contribution in [1.82, 2.24) is 0 Å². The first-order valence-electron chi connectivity index (χ1n) is 13.8. The van der Waals surface area contributed by atoms with Gasteiger partial charge in [-0.15, -0.1) is 0 Å². The monoisotopic (exact) mass is 547 g/mol. The number of hydrogen-bond acceptors (Lipinski definition) is 7. The van der Waals surface area contributed by atoms with Crippen LogP contribution in [-0.2, 0) is 16.0 Å². The van der Waals surface area contributed by atoms with Crippen LogP contribution >= 0.6 is 0 Å². The van der Waals surface area contributed by atoms with E-state index >= 15 is 0 Å². The second-order valence-electron chi connectivity index (χ2n) is 10.9. The highest BCUT2D eigenvalue weighted by molar-refractivity contribution is 6.03. The van der Waals surface area contributed by atoms with E-state index in [1.54, 1.807) is 0 Å². The number of aliphatic hydroxyl groups is 5. The van der Waals surface area contributed by atoms with Gasteiger partial charge in [0, 0.05) is 12.1 Å². The number of hydrogen-bond donors (Lipinski definition) is 5. The molecule has 3 aromatic rings. The Bertz CT molecular complexity index is 1260. The van der Waals surface area contributed by atoms with E-state index in [1.165, 1.54) is 0 Å². The molecular formula is C32H37NO7. The zero-order valence-corrected chi connectivity index (χ0v) is 22.5. The van der Waals surface area contributed by atoms with Crippen LogP contribution in [-0.4, -0.2) is 68.6 Å². The predicted octanol–water partition coefficient (Wildman–Crippen LogP) is 2.60. The summed E-state index contributed by atoms with van der Waals surface area (Å²) in [7, 11) is 0. The fraction of sp³-hybridized carbons (Fsp3) is 0.406. The van der Waals surface area contributed by atoms with Crippen LogP contribution in [0.15, 0.2) is 78.9 Å². The molecule has 0 aliphatic carbocycles. The highest BCUT2D eigenvalue weighted by Gasteiger charge is 2.48. The molecule has 40 heavy (non-hydrogen) atoms. The maximum absolute atomic E-state index is 13.4. The van der Waals surface area contributed by atoms with Crippen molar-refractivity contribution >= 4 is 11.6 Å². The molecule has 2 saturated heterocycles. The number of benzene rings is 3. The summed E-state index contributed by atoms with van der Waals surface area (Å²) >= 11 is 0. The van der Waals surface area contributed by atoms with Gasteiger partial charge in [0.1, 0.15) is 24.4 Å². The van der Waals surface area contributed by atoms with Gasteiger partial charge in [-0.3, -0.25) is 4.79 Å². The summed E-state index contributed by atoms with van der Waals surface area (Å²) in [4.78, 5) is 15.2. The van der Waals surface area contributed by atoms with Crippen LogP contribution in [0, 0.1) is 12.8 Å². The second-order valence-corrected chi connectivity index (χ2v) is 10.9. The van der Waals surface area contributed by atoms with Crippen molar-refractivity contribution in [3.63, 3.8) is 0 Å². The van der Waals surface area contributed by atoms with Crippen LogP contribution in [0.4, 0.5) is 5.69 Å². The number of aryl methyl sites for hydroxylation is 1. The summed E-state index contributed by atoms with van der Waals surface area (Å²) in [5.74, 6) is -0.254. The Kier molecular flexibility index (Phi) is 8.65. The molecule has 8 heteroatoms. The third-order valence-electron chi connectivity index (χ3n) is 8.21. The number of nitrogens with zero attached hydrogens (tertiary/aromatic N) is 1. The molecule has 0 bridgehead atoms. The largest absolute Gasteiger partial charge is 0.394 e. The Morgan fingerprint density at radius 3 is 2.15 bits per heavy atom. The van der Waals surface area contributed by atoms with Gasteiger partial charge in [0.2, 0.25) is 5.91 Å². The zero-order chi connectivity index (χ0) is 28.4. The Balaban J connectivity index is 1.33. The Morgan fingerprint density at radius 2 is 1.50 bits per heavy atom. The van der Waals surface area contributed by atoms with Crippen LogP contribution in [0.2, 0.25) is 0 Å². The standard InChI is InChI=1S/C32H37NO7/c1-19-7-13-23(14-8-19)33-28(24(32(33)39)15-16-25(35)21-5-3-2-4-6-21)22-11-9-20(10-12-22)17-26-29(36)31(38)30(37)27(18-34)40-26/h2-14,24-31,34-38H,15-18H2,1H3/t24-,25+,26+,27-,28-,29+,30-,31-/m1/s1. The first-order valence-corrected chi connectivity index (χ1v) is 13.8. The fourth-order valence-corrected chi connectivity index (χ4v) is 5.81. The van der Waals surface area contributed by atoms with Crippen LogP contribution in [0.25, 0.3) is 0 Å². The Labute approximate surface area is 234 Å². The first kappa shape index (κ1) is 28.4. The summed E-state index contributed by atoms with van der Waals surface area (Å²) in [5, 5.41) is 50.8. The molecule has 0 spiro atoms. The SMILES string of the molecule is Cc1ccc(N2C(=O)[C@H](CC[C@H](O)c3ccccc3)[C@H]2c2ccc(C[C@@H]3O[C@H](CO)[C@@H](O)[C@H](O)[C@H]3O)cc2)cc1. The quantitative estimate of drug-likeness (QED) is 0.260. The van der Waals surface area contributed by atoms with Crippen molar-refractivity contribution in [3.8, 4) is 0 Å². The average Bonchev–Trinajstić information content (AvgIpc) is 2.98. The number of ether oxygens (including phenoxy) is 1. The van der Waals surface area contributed by atoms with Crippen molar-refractivity contribution in [2.24, 2.45) is 5.92 Å². The molecular weight excluding hydrogens is 510 g/mol. The van der Waals surface area contributed by atoms with E-state index in [-0.39, 0.29) is 24.3 Å². The van der Waals surface area contributed by atoms with Crippen molar-refractivity contribution in [2.75, 3.05) is 11.5 Å². The Hall–Kier alpha value is -3.11. The molecule has 0 aromatic heterocycles. The average molecular weight is 548 g/mol. The van der Waals surface area contributed by atoms with Crippen molar-refractivity contribution in [1.29, 1.82) is 0 Å². The van der Waals surface area contributed by atoms with Crippen LogP contribution in [0.3, 0.4) is 0 Å².